The van der Waals surface area contributed by atoms with E-state index in [1.807, 2.05) is 19.9 Å². The van der Waals surface area contributed by atoms with Crippen LogP contribution in [0, 0.1) is 0 Å². The van der Waals surface area contributed by atoms with Crippen molar-refractivity contribution in [3.63, 3.8) is 0 Å². The van der Waals surface area contributed by atoms with Crippen molar-refractivity contribution < 1.29 is 9.53 Å². The van der Waals surface area contributed by atoms with Crippen molar-refractivity contribution >= 4 is 21.9 Å². The Bertz CT molecular complexity index is 387. The van der Waals surface area contributed by atoms with E-state index in [4.69, 9.17) is 4.74 Å². The first-order chi connectivity index (χ1) is 6.02. The molecule has 4 heteroatoms. The molecule has 0 amide bonds. The molecule has 0 N–H and O–H groups in total. The van der Waals surface area contributed by atoms with Crippen LogP contribution in [-0.2, 0) is 10.3 Å². The Kier molecular flexibility index (Phi) is 1.70. The summed E-state index contributed by atoms with van der Waals surface area (Å²) in [5.74, 6) is -0.306. The van der Waals surface area contributed by atoms with Gasteiger partial charge in [0.05, 0.1) is 5.56 Å². The maximum atomic E-state index is 11.4. The van der Waals surface area contributed by atoms with Crippen LogP contribution in [0.4, 0.5) is 0 Å². The summed E-state index contributed by atoms with van der Waals surface area (Å²) in [7, 11) is 0. The van der Waals surface area contributed by atoms with Crippen LogP contribution in [0.3, 0.4) is 0 Å². The highest BCUT2D eigenvalue weighted by Crippen LogP contribution is 2.37. The van der Waals surface area contributed by atoms with Gasteiger partial charge >= 0.3 is 5.97 Å². The predicted octanol–water partition coefficient (Wildman–Crippen LogP) is 2.25. The van der Waals surface area contributed by atoms with E-state index in [9.17, 15) is 4.79 Å². The first kappa shape index (κ1) is 8.69. The number of pyridine rings is 1. The number of halogens is 1. The molecule has 0 saturated heterocycles. The summed E-state index contributed by atoms with van der Waals surface area (Å²) in [6, 6.07) is 1.81. The molecule has 0 atom stereocenters. The number of ether oxygens (including phenoxy) is 1. The minimum Gasteiger partial charge on any atom is -0.451 e. The lowest BCUT2D eigenvalue weighted by atomic mass is 9.98. The SMILES string of the molecule is CC1(C)OC(=O)c2c1ccnc2Br. The van der Waals surface area contributed by atoms with Gasteiger partial charge in [0.2, 0.25) is 0 Å². The molecule has 0 bridgehead atoms. The van der Waals surface area contributed by atoms with Crippen molar-refractivity contribution in [2.45, 2.75) is 19.4 Å². The molecule has 2 rings (SSSR count). The third-order valence-corrected chi connectivity index (χ3v) is 2.71. The summed E-state index contributed by atoms with van der Waals surface area (Å²) in [6.07, 6.45) is 1.66. The Balaban J connectivity index is 2.72. The Morgan fingerprint density at radius 3 is 2.85 bits per heavy atom. The molecule has 1 aromatic rings. The summed E-state index contributed by atoms with van der Waals surface area (Å²) >= 11 is 3.23. The zero-order chi connectivity index (χ0) is 9.64. The lowest BCUT2D eigenvalue weighted by Gasteiger charge is -2.16. The lowest BCUT2D eigenvalue weighted by Crippen LogP contribution is -2.15. The molecule has 1 aliphatic rings. The smallest absolute Gasteiger partial charge is 0.342 e. The molecule has 0 spiro atoms. The quantitative estimate of drug-likeness (QED) is 0.517. The van der Waals surface area contributed by atoms with Gasteiger partial charge in [-0.3, -0.25) is 0 Å². The van der Waals surface area contributed by atoms with E-state index in [0.29, 0.717) is 10.2 Å². The van der Waals surface area contributed by atoms with Crippen molar-refractivity contribution in [1.29, 1.82) is 0 Å². The number of fused-ring (bicyclic) bond motifs is 1. The predicted molar refractivity (Wildman–Crippen MR) is 50.4 cm³/mol. The van der Waals surface area contributed by atoms with Gasteiger partial charge in [0.1, 0.15) is 10.2 Å². The van der Waals surface area contributed by atoms with Crippen LogP contribution in [0.1, 0.15) is 29.8 Å². The van der Waals surface area contributed by atoms with Crippen LogP contribution >= 0.6 is 15.9 Å². The number of hydrogen-bond donors (Lipinski definition) is 0. The second kappa shape index (κ2) is 2.54. The normalized spacial score (nSPS) is 18.2. The van der Waals surface area contributed by atoms with Crippen LogP contribution in [0.5, 0.6) is 0 Å². The molecule has 0 aromatic carbocycles. The van der Waals surface area contributed by atoms with Crippen molar-refractivity contribution in [3.8, 4) is 0 Å². The van der Waals surface area contributed by atoms with E-state index in [1.54, 1.807) is 6.20 Å². The van der Waals surface area contributed by atoms with Gasteiger partial charge in [-0.25, -0.2) is 9.78 Å². The number of aromatic nitrogens is 1. The van der Waals surface area contributed by atoms with Crippen molar-refractivity contribution in [1.82, 2.24) is 4.98 Å². The highest BCUT2D eigenvalue weighted by Gasteiger charge is 2.39. The van der Waals surface area contributed by atoms with Gasteiger partial charge in [-0.2, -0.15) is 0 Å². The van der Waals surface area contributed by atoms with E-state index >= 15 is 0 Å². The number of esters is 1. The molecule has 68 valence electrons. The van der Waals surface area contributed by atoms with E-state index in [-0.39, 0.29) is 5.97 Å². The average Bonchev–Trinajstić information content (AvgIpc) is 2.24. The Hall–Kier alpha value is -0.900. The number of nitrogens with zero attached hydrogens (tertiary/aromatic N) is 1. The number of hydrogen-bond acceptors (Lipinski definition) is 3. The fourth-order valence-corrected chi connectivity index (χ4v) is 1.96. The molecule has 0 fully saturated rings. The minimum atomic E-state index is -0.530. The zero-order valence-corrected chi connectivity index (χ0v) is 8.88. The van der Waals surface area contributed by atoms with E-state index in [1.165, 1.54) is 0 Å². The molecule has 0 saturated carbocycles. The van der Waals surface area contributed by atoms with Crippen LogP contribution in [0.2, 0.25) is 0 Å². The average molecular weight is 242 g/mol. The van der Waals surface area contributed by atoms with Crippen molar-refractivity contribution in [2.24, 2.45) is 0 Å². The highest BCUT2D eigenvalue weighted by atomic mass is 79.9. The van der Waals surface area contributed by atoms with Gasteiger partial charge in [-0.15, -0.1) is 0 Å². The maximum Gasteiger partial charge on any atom is 0.342 e. The lowest BCUT2D eigenvalue weighted by molar-refractivity contribution is 0.00951. The molecule has 1 aliphatic heterocycles. The number of carbonyl (C=O) groups excluding carboxylic acids is 1. The van der Waals surface area contributed by atoms with Crippen LogP contribution in [0.25, 0.3) is 0 Å². The number of carbonyl (C=O) groups is 1. The van der Waals surface area contributed by atoms with Gasteiger partial charge in [0.15, 0.2) is 0 Å². The van der Waals surface area contributed by atoms with Gasteiger partial charge < -0.3 is 4.74 Å². The zero-order valence-electron chi connectivity index (χ0n) is 7.30. The molecular weight excluding hydrogens is 234 g/mol. The van der Waals surface area contributed by atoms with Crippen molar-refractivity contribution in [2.75, 3.05) is 0 Å². The number of cyclic esters (lactones) is 1. The van der Waals surface area contributed by atoms with E-state index < -0.39 is 5.60 Å². The molecule has 0 aliphatic carbocycles. The van der Waals surface area contributed by atoms with Crippen molar-refractivity contribution in [3.05, 3.63) is 28.0 Å². The van der Waals surface area contributed by atoms with Gasteiger partial charge in [0, 0.05) is 11.8 Å². The molecule has 0 radical (unpaired) electrons. The Morgan fingerprint density at radius 2 is 2.23 bits per heavy atom. The van der Waals surface area contributed by atoms with Gasteiger partial charge in [0.25, 0.3) is 0 Å². The third-order valence-electron chi connectivity index (χ3n) is 2.11. The second-order valence-electron chi connectivity index (χ2n) is 3.42. The summed E-state index contributed by atoms with van der Waals surface area (Å²) in [5.41, 5.74) is 0.907. The Labute approximate surface area is 84.2 Å². The molecule has 2 heterocycles. The first-order valence-electron chi connectivity index (χ1n) is 3.91. The molecule has 13 heavy (non-hydrogen) atoms. The monoisotopic (exact) mass is 241 g/mol. The maximum absolute atomic E-state index is 11.4. The number of rotatable bonds is 0. The van der Waals surface area contributed by atoms with Gasteiger partial charge in [-0.05, 0) is 35.8 Å². The fourth-order valence-electron chi connectivity index (χ4n) is 1.47. The summed E-state index contributed by atoms with van der Waals surface area (Å²) < 4.78 is 5.75. The standard InChI is InChI=1S/C9H8BrNO2/c1-9(2)5-3-4-11-7(10)6(5)8(12)13-9/h3-4H,1-2H3. The largest absolute Gasteiger partial charge is 0.451 e. The molecule has 3 nitrogen and oxygen atoms in total. The van der Waals surface area contributed by atoms with Crippen LogP contribution in [-0.4, -0.2) is 11.0 Å². The third kappa shape index (κ3) is 1.16. The molecule has 1 aromatic heterocycles. The fraction of sp³-hybridized carbons (Fsp3) is 0.333. The van der Waals surface area contributed by atoms with E-state index in [2.05, 4.69) is 20.9 Å². The summed E-state index contributed by atoms with van der Waals surface area (Å²) in [6.45, 7) is 3.73. The topological polar surface area (TPSA) is 39.2 Å². The highest BCUT2D eigenvalue weighted by molar-refractivity contribution is 9.10. The minimum absolute atomic E-state index is 0.306. The molecule has 0 unspecified atom stereocenters. The first-order valence-corrected chi connectivity index (χ1v) is 4.70. The molecular formula is C9H8BrNO2. The second-order valence-corrected chi connectivity index (χ2v) is 4.18. The summed E-state index contributed by atoms with van der Waals surface area (Å²) in [4.78, 5) is 15.4. The van der Waals surface area contributed by atoms with Gasteiger partial charge in [-0.1, -0.05) is 0 Å². The van der Waals surface area contributed by atoms with Crippen LogP contribution in [0.15, 0.2) is 16.9 Å². The Morgan fingerprint density at radius 1 is 1.54 bits per heavy atom. The van der Waals surface area contributed by atoms with E-state index in [0.717, 1.165) is 5.56 Å². The van der Waals surface area contributed by atoms with Crippen LogP contribution < -0.4 is 0 Å². The summed E-state index contributed by atoms with van der Waals surface area (Å²) in [5, 5.41) is 0.